The fraction of sp³-hybridized carbons (Fsp3) is 0.222. The summed E-state index contributed by atoms with van der Waals surface area (Å²) in [6.45, 7) is 4.18. The van der Waals surface area contributed by atoms with Crippen LogP contribution in [0.1, 0.15) is 25.3 Å². The van der Waals surface area contributed by atoms with Gasteiger partial charge in [0.2, 0.25) is 0 Å². The second-order valence-electron chi connectivity index (χ2n) is 5.42. The fourth-order valence-corrected chi connectivity index (χ4v) is 2.03. The predicted octanol–water partition coefficient (Wildman–Crippen LogP) is 3.40. The molecule has 0 saturated heterocycles. The molecule has 0 aliphatic carbocycles. The van der Waals surface area contributed by atoms with Crippen LogP contribution in [0.4, 0.5) is 11.4 Å². The Bertz CT molecular complexity index is 694. The first-order chi connectivity index (χ1) is 11.0. The van der Waals surface area contributed by atoms with Crippen LogP contribution in [-0.2, 0) is 9.59 Å². The third-order valence-corrected chi connectivity index (χ3v) is 3.37. The highest BCUT2D eigenvalue weighted by Gasteiger charge is 2.14. The zero-order valence-electron chi connectivity index (χ0n) is 13.4. The summed E-state index contributed by atoms with van der Waals surface area (Å²) in [5.41, 5.74) is 2.25. The van der Waals surface area contributed by atoms with Crippen molar-refractivity contribution < 1.29 is 14.3 Å². The molecule has 0 atom stereocenters. The van der Waals surface area contributed by atoms with Crippen LogP contribution in [0.15, 0.2) is 48.5 Å². The minimum absolute atomic E-state index is 0.413. The van der Waals surface area contributed by atoms with E-state index in [1.54, 1.807) is 36.4 Å². The number of hydrogen-bond donors (Lipinski definition) is 2. The minimum Gasteiger partial charge on any atom is -0.497 e. The Balaban J connectivity index is 1.98. The molecule has 0 unspecified atom stereocenters. The van der Waals surface area contributed by atoms with Gasteiger partial charge < -0.3 is 15.4 Å². The van der Waals surface area contributed by atoms with E-state index in [0.29, 0.717) is 23.0 Å². The van der Waals surface area contributed by atoms with Crippen LogP contribution in [-0.4, -0.2) is 18.9 Å². The van der Waals surface area contributed by atoms with E-state index in [4.69, 9.17) is 4.74 Å². The lowest BCUT2D eigenvalue weighted by atomic mass is 10.0. The molecule has 2 N–H and O–H groups in total. The Labute approximate surface area is 135 Å². The normalized spacial score (nSPS) is 10.3. The van der Waals surface area contributed by atoms with E-state index in [2.05, 4.69) is 24.5 Å². The number of rotatable bonds is 4. The van der Waals surface area contributed by atoms with Crippen molar-refractivity contribution in [1.82, 2.24) is 0 Å². The minimum atomic E-state index is -0.730. The lowest BCUT2D eigenvalue weighted by Crippen LogP contribution is -2.29. The molecule has 0 aliphatic rings. The fourth-order valence-electron chi connectivity index (χ4n) is 2.03. The summed E-state index contributed by atoms with van der Waals surface area (Å²) < 4.78 is 5.07. The molecular formula is C18H20N2O3. The third kappa shape index (κ3) is 4.57. The van der Waals surface area contributed by atoms with Crippen molar-refractivity contribution in [2.75, 3.05) is 17.7 Å². The van der Waals surface area contributed by atoms with Crippen molar-refractivity contribution in [3.8, 4) is 5.75 Å². The molecule has 2 aromatic rings. The highest BCUT2D eigenvalue weighted by atomic mass is 16.5. The van der Waals surface area contributed by atoms with Gasteiger partial charge in [-0.2, -0.15) is 0 Å². The quantitative estimate of drug-likeness (QED) is 0.850. The predicted molar refractivity (Wildman–Crippen MR) is 90.8 cm³/mol. The number of carbonyl (C=O) groups is 2. The number of amides is 2. The van der Waals surface area contributed by atoms with Crippen LogP contribution in [0, 0.1) is 0 Å². The van der Waals surface area contributed by atoms with Crippen molar-refractivity contribution in [2.24, 2.45) is 0 Å². The average molecular weight is 312 g/mol. The summed E-state index contributed by atoms with van der Waals surface area (Å²) in [7, 11) is 1.54. The summed E-state index contributed by atoms with van der Waals surface area (Å²) in [6, 6.07) is 14.2. The van der Waals surface area contributed by atoms with Gasteiger partial charge in [-0.15, -0.1) is 0 Å². The van der Waals surface area contributed by atoms with Gasteiger partial charge in [0.05, 0.1) is 7.11 Å². The SMILES string of the molecule is COc1cccc(NC(=O)C(=O)Nc2ccc(C(C)C)cc2)c1. The molecule has 0 aliphatic heterocycles. The van der Waals surface area contributed by atoms with Gasteiger partial charge in [0.1, 0.15) is 5.75 Å². The molecule has 5 nitrogen and oxygen atoms in total. The van der Waals surface area contributed by atoms with E-state index in [9.17, 15) is 9.59 Å². The zero-order valence-corrected chi connectivity index (χ0v) is 13.4. The lowest BCUT2D eigenvalue weighted by Gasteiger charge is -2.09. The summed E-state index contributed by atoms with van der Waals surface area (Å²) in [4.78, 5) is 23.9. The molecule has 0 fully saturated rings. The van der Waals surface area contributed by atoms with Crippen LogP contribution < -0.4 is 15.4 Å². The van der Waals surface area contributed by atoms with Crippen molar-refractivity contribution in [1.29, 1.82) is 0 Å². The van der Waals surface area contributed by atoms with Gasteiger partial charge in [-0.05, 0) is 35.7 Å². The van der Waals surface area contributed by atoms with Gasteiger partial charge in [-0.25, -0.2) is 0 Å². The number of hydrogen-bond acceptors (Lipinski definition) is 3. The monoisotopic (exact) mass is 312 g/mol. The highest BCUT2D eigenvalue weighted by molar-refractivity contribution is 6.43. The molecule has 120 valence electrons. The molecular weight excluding hydrogens is 292 g/mol. The number of benzene rings is 2. The van der Waals surface area contributed by atoms with Gasteiger partial charge >= 0.3 is 11.8 Å². The molecule has 0 heterocycles. The largest absolute Gasteiger partial charge is 0.497 e. The first-order valence-corrected chi connectivity index (χ1v) is 7.36. The zero-order chi connectivity index (χ0) is 16.8. The Morgan fingerprint density at radius 3 is 2.09 bits per heavy atom. The summed E-state index contributed by atoms with van der Waals surface area (Å²) in [6.07, 6.45) is 0. The van der Waals surface area contributed by atoms with E-state index in [1.807, 2.05) is 12.1 Å². The second-order valence-corrected chi connectivity index (χ2v) is 5.42. The summed E-state index contributed by atoms with van der Waals surface area (Å²) >= 11 is 0. The maximum absolute atomic E-state index is 11.9. The lowest BCUT2D eigenvalue weighted by molar-refractivity contribution is -0.132. The van der Waals surface area contributed by atoms with E-state index in [1.165, 1.54) is 12.7 Å². The first-order valence-electron chi connectivity index (χ1n) is 7.36. The van der Waals surface area contributed by atoms with Crippen LogP contribution in [0.3, 0.4) is 0 Å². The van der Waals surface area contributed by atoms with Crippen molar-refractivity contribution in [3.05, 3.63) is 54.1 Å². The van der Waals surface area contributed by atoms with Gasteiger partial charge in [0.15, 0.2) is 0 Å². The van der Waals surface area contributed by atoms with E-state index < -0.39 is 11.8 Å². The Hall–Kier alpha value is -2.82. The maximum atomic E-state index is 11.9. The Kier molecular flexibility index (Phi) is 5.36. The van der Waals surface area contributed by atoms with Crippen molar-refractivity contribution in [3.63, 3.8) is 0 Å². The topological polar surface area (TPSA) is 67.4 Å². The molecule has 0 saturated carbocycles. The first kappa shape index (κ1) is 16.5. The standard InChI is InChI=1S/C18H20N2O3/c1-12(2)13-7-9-14(10-8-13)19-17(21)18(22)20-15-5-4-6-16(11-15)23-3/h4-12H,1-3H3,(H,19,21)(H,20,22). The Morgan fingerprint density at radius 2 is 1.52 bits per heavy atom. The van der Waals surface area contributed by atoms with Gasteiger partial charge in [-0.3, -0.25) is 9.59 Å². The van der Waals surface area contributed by atoms with Gasteiger partial charge in [0, 0.05) is 17.4 Å². The van der Waals surface area contributed by atoms with Gasteiger partial charge in [0.25, 0.3) is 0 Å². The van der Waals surface area contributed by atoms with Crippen molar-refractivity contribution in [2.45, 2.75) is 19.8 Å². The number of carbonyl (C=O) groups excluding carboxylic acids is 2. The van der Waals surface area contributed by atoms with E-state index in [0.717, 1.165) is 0 Å². The van der Waals surface area contributed by atoms with Crippen LogP contribution >= 0.6 is 0 Å². The molecule has 23 heavy (non-hydrogen) atoms. The summed E-state index contributed by atoms with van der Waals surface area (Å²) in [5.74, 6) is -0.431. The van der Waals surface area contributed by atoms with Crippen LogP contribution in [0.5, 0.6) is 5.75 Å². The molecule has 2 rings (SSSR count). The van der Waals surface area contributed by atoms with E-state index >= 15 is 0 Å². The smallest absolute Gasteiger partial charge is 0.314 e. The maximum Gasteiger partial charge on any atom is 0.314 e. The molecule has 0 aromatic heterocycles. The van der Waals surface area contributed by atoms with Gasteiger partial charge in [-0.1, -0.05) is 32.0 Å². The number of methoxy groups -OCH3 is 1. The summed E-state index contributed by atoms with van der Waals surface area (Å²) in [5, 5.41) is 5.11. The molecule has 0 bridgehead atoms. The molecule has 0 radical (unpaired) electrons. The molecule has 0 spiro atoms. The molecule has 5 heteroatoms. The Morgan fingerprint density at radius 1 is 0.913 bits per heavy atom. The average Bonchev–Trinajstić information content (AvgIpc) is 2.55. The second kappa shape index (κ2) is 7.45. The highest BCUT2D eigenvalue weighted by Crippen LogP contribution is 2.18. The number of anilines is 2. The molecule has 2 aromatic carbocycles. The van der Waals surface area contributed by atoms with Crippen molar-refractivity contribution >= 4 is 23.2 Å². The van der Waals surface area contributed by atoms with E-state index in [-0.39, 0.29) is 0 Å². The molecule has 2 amide bonds. The number of ether oxygens (including phenoxy) is 1. The third-order valence-electron chi connectivity index (χ3n) is 3.37. The van der Waals surface area contributed by atoms with Crippen LogP contribution in [0.25, 0.3) is 0 Å². The number of nitrogens with one attached hydrogen (secondary N) is 2. The van der Waals surface area contributed by atoms with Crippen LogP contribution in [0.2, 0.25) is 0 Å².